The number of nitrogens with one attached hydrogen (secondary N) is 1. The molecule has 5 heteroatoms. The van der Waals surface area contributed by atoms with Gasteiger partial charge in [0.2, 0.25) is 0 Å². The molecule has 0 unspecified atom stereocenters. The Morgan fingerprint density at radius 1 is 1.41 bits per heavy atom. The number of thiazole rings is 1. The van der Waals surface area contributed by atoms with E-state index >= 15 is 0 Å². The van der Waals surface area contributed by atoms with Crippen LogP contribution >= 0.6 is 11.3 Å². The third kappa shape index (κ3) is 2.68. The van der Waals surface area contributed by atoms with Crippen LogP contribution in [0.5, 0.6) is 0 Å². The monoisotopic (exact) mass is 250 g/mol. The Morgan fingerprint density at radius 2 is 2.18 bits per heavy atom. The SMILES string of the molecule is Cc1nc(C(=O)Nc2cccc(F)c2)sc1C. The summed E-state index contributed by atoms with van der Waals surface area (Å²) in [4.78, 5) is 17.0. The Labute approximate surface area is 102 Å². The van der Waals surface area contributed by atoms with E-state index in [1.165, 1.54) is 23.5 Å². The number of carbonyl (C=O) groups is 1. The van der Waals surface area contributed by atoms with Gasteiger partial charge in [-0.25, -0.2) is 9.37 Å². The van der Waals surface area contributed by atoms with Gasteiger partial charge in [0.15, 0.2) is 5.01 Å². The van der Waals surface area contributed by atoms with Gasteiger partial charge in [-0.15, -0.1) is 11.3 Å². The number of benzene rings is 1. The summed E-state index contributed by atoms with van der Waals surface area (Å²) < 4.78 is 12.9. The summed E-state index contributed by atoms with van der Waals surface area (Å²) in [7, 11) is 0. The molecule has 3 nitrogen and oxygen atoms in total. The molecule has 0 aliphatic carbocycles. The minimum absolute atomic E-state index is 0.309. The second-order valence-corrected chi connectivity index (χ2v) is 4.83. The fourth-order valence-corrected chi connectivity index (χ4v) is 2.13. The predicted molar refractivity (Wildman–Crippen MR) is 65.9 cm³/mol. The number of nitrogens with zero attached hydrogens (tertiary/aromatic N) is 1. The lowest BCUT2D eigenvalue weighted by molar-refractivity contribution is 0.102. The van der Waals surface area contributed by atoms with Crippen LogP contribution in [-0.4, -0.2) is 10.9 Å². The Kier molecular flexibility index (Phi) is 3.19. The summed E-state index contributed by atoms with van der Waals surface area (Å²) in [6.45, 7) is 3.76. The molecule has 17 heavy (non-hydrogen) atoms. The van der Waals surface area contributed by atoms with E-state index in [-0.39, 0.29) is 11.7 Å². The maximum Gasteiger partial charge on any atom is 0.284 e. The molecular weight excluding hydrogens is 239 g/mol. The molecule has 88 valence electrons. The van der Waals surface area contributed by atoms with Crippen molar-refractivity contribution in [1.29, 1.82) is 0 Å². The predicted octanol–water partition coefficient (Wildman–Crippen LogP) is 3.15. The number of carbonyl (C=O) groups excluding carboxylic acids is 1. The van der Waals surface area contributed by atoms with Gasteiger partial charge in [-0.1, -0.05) is 6.07 Å². The molecule has 0 saturated carbocycles. The summed E-state index contributed by atoms with van der Waals surface area (Å²) in [5, 5.41) is 3.00. The van der Waals surface area contributed by atoms with Gasteiger partial charge < -0.3 is 5.32 Å². The zero-order chi connectivity index (χ0) is 12.4. The van der Waals surface area contributed by atoms with Gasteiger partial charge in [-0.05, 0) is 32.0 Å². The molecule has 2 aromatic rings. The molecule has 0 aliphatic rings. The third-order valence-electron chi connectivity index (χ3n) is 2.31. The first kappa shape index (κ1) is 11.7. The molecule has 2 rings (SSSR count). The first-order chi connectivity index (χ1) is 8.06. The van der Waals surface area contributed by atoms with Crippen LogP contribution in [0.25, 0.3) is 0 Å². The van der Waals surface area contributed by atoms with E-state index in [1.54, 1.807) is 12.1 Å². The van der Waals surface area contributed by atoms with Crippen molar-refractivity contribution in [2.45, 2.75) is 13.8 Å². The highest BCUT2D eigenvalue weighted by molar-refractivity contribution is 7.13. The fraction of sp³-hybridized carbons (Fsp3) is 0.167. The number of amides is 1. The maximum atomic E-state index is 12.9. The topological polar surface area (TPSA) is 42.0 Å². The normalized spacial score (nSPS) is 10.3. The van der Waals surface area contributed by atoms with E-state index in [1.807, 2.05) is 13.8 Å². The van der Waals surface area contributed by atoms with Gasteiger partial charge >= 0.3 is 0 Å². The van der Waals surface area contributed by atoms with Gasteiger partial charge in [-0.3, -0.25) is 4.79 Å². The molecule has 0 radical (unpaired) electrons. The summed E-state index contributed by atoms with van der Waals surface area (Å²) in [5.41, 5.74) is 1.28. The largest absolute Gasteiger partial charge is 0.320 e. The van der Waals surface area contributed by atoms with E-state index in [0.717, 1.165) is 10.6 Å². The molecule has 1 aromatic carbocycles. The molecule has 0 aliphatic heterocycles. The summed E-state index contributed by atoms with van der Waals surface area (Å²) in [6, 6.07) is 5.77. The van der Waals surface area contributed by atoms with E-state index in [0.29, 0.717) is 10.7 Å². The molecule has 1 amide bonds. The Bertz CT molecular complexity index is 546. The second-order valence-electron chi connectivity index (χ2n) is 3.63. The first-order valence-electron chi connectivity index (χ1n) is 5.07. The number of anilines is 1. The number of rotatable bonds is 2. The van der Waals surface area contributed by atoms with Crippen molar-refractivity contribution >= 4 is 22.9 Å². The van der Waals surface area contributed by atoms with E-state index in [9.17, 15) is 9.18 Å². The molecule has 0 saturated heterocycles. The van der Waals surface area contributed by atoms with Crippen LogP contribution in [0.4, 0.5) is 10.1 Å². The van der Waals surface area contributed by atoms with Crippen molar-refractivity contribution in [3.63, 3.8) is 0 Å². The molecule has 1 aromatic heterocycles. The molecule has 0 atom stereocenters. The highest BCUT2D eigenvalue weighted by Crippen LogP contribution is 2.18. The molecule has 1 heterocycles. The average Bonchev–Trinajstić information content (AvgIpc) is 2.59. The van der Waals surface area contributed by atoms with Crippen molar-refractivity contribution in [3.8, 4) is 0 Å². The van der Waals surface area contributed by atoms with Crippen molar-refractivity contribution < 1.29 is 9.18 Å². The maximum absolute atomic E-state index is 12.9. The minimum atomic E-state index is -0.380. The Morgan fingerprint density at radius 3 is 2.76 bits per heavy atom. The first-order valence-corrected chi connectivity index (χ1v) is 5.89. The van der Waals surface area contributed by atoms with Crippen molar-refractivity contribution in [3.05, 3.63) is 45.7 Å². The fourth-order valence-electron chi connectivity index (χ4n) is 1.32. The van der Waals surface area contributed by atoms with Crippen LogP contribution in [0.3, 0.4) is 0 Å². The molecule has 1 N–H and O–H groups in total. The zero-order valence-corrected chi connectivity index (χ0v) is 10.3. The van der Waals surface area contributed by atoms with Crippen LogP contribution < -0.4 is 5.32 Å². The zero-order valence-electron chi connectivity index (χ0n) is 9.45. The van der Waals surface area contributed by atoms with Crippen molar-refractivity contribution in [2.24, 2.45) is 0 Å². The highest BCUT2D eigenvalue weighted by atomic mass is 32.1. The summed E-state index contributed by atoms with van der Waals surface area (Å²) in [5.74, 6) is -0.689. The number of aromatic nitrogens is 1. The lowest BCUT2D eigenvalue weighted by atomic mass is 10.3. The molecular formula is C12H11FN2OS. The van der Waals surface area contributed by atoms with Gasteiger partial charge in [0.25, 0.3) is 5.91 Å². The van der Waals surface area contributed by atoms with Gasteiger partial charge in [0, 0.05) is 10.6 Å². The van der Waals surface area contributed by atoms with Gasteiger partial charge in [0.1, 0.15) is 5.82 Å². The van der Waals surface area contributed by atoms with Crippen molar-refractivity contribution in [1.82, 2.24) is 4.98 Å². The quantitative estimate of drug-likeness (QED) is 0.889. The van der Waals surface area contributed by atoms with Crippen LogP contribution in [0.1, 0.15) is 20.4 Å². The smallest absolute Gasteiger partial charge is 0.284 e. The van der Waals surface area contributed by atoms with Crippen LogP contribution in [0, 0.1) is 19.7 Å². The second kappa shape index (κ2) is 4.63. The average molecular weight is 250 g/mol. The molecule has 0 spiro atoms. The lowest BCUT2D eigenvalue weighted by Crippen LogP contribution is -2.11. The Balaban J connectivity index is 2.17. The molecule has 0 fully saturated rings. The minimum Gasteiger partial charge on any atom is -0.320 e. The number of hydrogen-bond donors (Lipinski definition) is 1. The van der Waals surface area contributed by atoms with Gasteiger partial charge in [0.05, 0.1) is 5.69 Å². The molecule has 0 bridgehead atoms. The standard InChI is InChI=1S/C12H11FN2OS/c1-7-8(2)17-12(14-7)11(16)15-10-5-3-4-9(13)6-10/h3-6H,1-2H3,(H,15,16). The van der Waals surface area contributed by atoms with Crippen molar-refractivity contribution in [2.75, 3.05) is 5.32 Å². The lowest BCUT2D eigenvalue weighted by Gasteiger charge is -2.02. The van der Waals surface area contributed by atoms with E-state index in [4.69, 9.17) is 0 Å². The number of halogens is 1. The van der Waals surface area contributed by atoms with E-state index < -0.39 is 0 Å². The van der Waals surface area contributed by atoms with Crippen LogP contribution in [-0.2, 0) is 0 Å². The third-order valence-corrected chi connectivity index (χ3v) is 3.38. The summed E-state index contributed by atoms with van der Waals surface area (Å²) >= 11 is 1.33. The van der Waals surface area contributed by atoms with Gasteiger partial charge in [-0.2, -0.15) is 0 Å². The number of aryl methyl sites for hydroxylation is 2. The highest BCUT2D eigenvalue weighted by Gasteiger charge is 2.12. The van der Waals surface area contributed by atoms with Crippen LogP contribution in [0.2, 0.25) is 0 Å². The van der Waals surface area contributed by atoms with Crippen LogP contribution in [0.15, 0.2) is 24.3 Å². The van der Waals surface area contributed by atoms with E-state index in [2.05, 4.69) is 10.3 Å². The number of hydrogen-bond acceptors (Lipinski definition) is 3. The Hall–Kier alpha value is -1.75. The summed E-state index contributed by atoms with van der Waals surface area (Å²) in [6.07, 6.45) is 0.